The summed E-state index contributed by atoms with van der Waals surface area (Å²) >= 11 is 0. The number of nitrogens with zero attached hydrogens (tertiary/aromatic N) is 1. The Morgan fingerprint density at radius 2 is 1.66 bits per heavy atom. The lowest BCUT2D eigenvalue weighted by Gasteiger charge is -2.34. The Bertz CT molecular complexity index is 1390. The fraction of sp³-hybridized carbons (Fsp3) is 0.583. The molecule has 0 aliphatic carbocycles. The minimum Gasteiger partial charge on any atom is -0.480 e. The highest BCUT2D eigenvalue weighted by molar-refractivity contribution is 5.91. The summed E-state index contributed by atoms with van der Waals surface area (Å²) in [5.74, 6) is -2.47. The predicted molar refractivity (Wildman–Crippen MR) is 194 cm³/mol. The Morgan fingerprint density at radius 1 is 1.04 bits per heavy atom. The van der Waals surface area contributed by atoms with Crippen LogP contribution in [0.5, 0.6) is 0 Å². The molecule has 2 rings (SSSR count). The molecule has 0 spiro atoms. The zero-order chi connectivity index (χ0) is 38.4. The minimum absolute atomic E-state index is 0.237. The number of hydrogen-bond donors (Lipinski definition) is 6. The molecule has 1 aliphatic rings. The van der Waals surface area contributed by atoms with Crippen molar-refractivity contribution >= 4 is 47.7 Å². The lowest BCUT2D eigenvalue weighted by Crippen LogP contribution is -2.60. The van der Waals surface area contributed by atoms with Crippen molar-refractivity contribution in [3.05, 3.63) is 41.1 Å². The van der Waals surface area contributed by atoms with Gasteiger partial charge in [-0.1, -0.05) is 39.0 Å². The van der Waals surface area contributed by atoms with Crippen molar-refractivity contribution in [3.8, 4) is 0 Å². The van der Waals surface area contributed by atoms with Gasteiger partial charge in [0.2, 0.25) is 5.91 Å². The lowest BCUT2D eigenvalue weighted by molar-refractivity contribution is -0.153. The number of anilines is 1. The highest BCUT2D eigenvalue weighted by atomic mass is 16.6. The van der Waals surface area contributed by atoms with Gasteiger partial charge in [-0.05, 0) is 103 Å². The number of hydrogen-bond acceptors (Lipinski definition) is 10. The molecule has 1 saturated heterocycles. The van der Waals surface area contributed by atoms with Crippen molar-refractivity contribution in [2.75, 3.05) is 12.3 Å². The number of carboxylic acids is 1. The topological polar surface area (TPSA) is 215 Å². The monoisotopic (exact) mass is 702 g/mol. The number of ether oxygens (including phenoxy) is 2. The van der Waals surface area contributed by atoms with Gasteiger partial charge in [0.1, 0.15) is 29.3 Å². The molecule has 14 nitrogen and oxygen atoms in total. The van der Waals surface area contributed by atoms with Crippen LogP contribution in [0, 0.1) is 5.92 Å². The number of hydrazine groups is 1. The van der Waals surface area contributed by atoms with Gasteiger partial charge >= 0.3 is 18.0 Å². The fourth-order valence-electron chi connectivity index (χ4n) is 4.49. The second-order valence-electron chi connectivity index (χ2n) is 14.4. The van der Waals surface area contributed by atoms with Crippen molar-refractivity contribution in [1.82, 2.24) is 21.1 Å². The quantitative estimate of drug-likeness (QED) is 0.141. The maximum absolute atomic E-state index is 12.6. The molecule has 1 fully saturated rings. The first kappa shape index (κ1) is 43.4. The number of rotatable bonds is 11. The zero-order valence-corrected chi connectivity index (χ0v) is 31.2. The number of alkyl carbamates (subject to hydrolysis) is 1. The number of carbonyl (C=O) groups excluding carboxylic acids is 4. The Hall–Kier alpha value is -4.59. The number of amides is 3. The van der Waals surface area contributed by atoms with Gasteiger partial charge in [-0.3, -0.25) is 24.2 Å². The number of nitrogens with one attached hydrogen (secondary N) is 3. The van der Waals surface area contributed by atoms with Gasteiger partial charge in [0.15, 0.2) is 0 Å². The molecule has 50 heavy (non-hydrogen) atoms. The first-order chi connectivity index (χ1) is 23.0. The van der Waals surface area contributed by atoms with Gasteiger partial charge in [-0.2, -0.15) is 0 Å². The summed E-state index contributed by atoms with van der Waals surface area (Å²) in [5.41, 5.74) is 16.6. The number of allylic oxidation sites excluding steroid dienone is 1. The molecule has 1 aliphatic heterocycles. The van der Waals surface area contributed by atoms with Gasteiger partial charge in [0.05, 0.1) is 6.42 Å². The summed E-state index contributed by atoms with van der Waals surface area (Å²) in [6.45, 7) is 18.1. The maximum atomic E-state index is 12.6. The van der Waals surface area contributed by atoms with E-state index in [0.29, 0.717) is 25.1 Å². The molecule has 3 amide bonds. The van der Waals surface area contributed by atoms with Crippen LogP contribution >= 0.6 is 0 Å². The smallest absolute Gasteiger partial charge is 0.408 e. The molecule has 8 N–H and O–H groups in total. The molecular weight excluding hydrogens is 644 g/mol. The van der Waals surface area contributed by atoms with Gasteiger partial charge < -0.3 is 36.7 Å². The molecule has 1 aromatic carbocycles. The maximum Gasteiger partial charge on any atom is 0.408 e. The Labute approximate surface area is 296 Å². The molecule has 0 saturated carbocycles. The molecular formula is C36H58N6O8. The standard InChI is InChI=1S/C18H32N4O6.C18H26N2O2/c1-10(2)13(20-17(27)28-18(4,5)6)14(23)19-11(3)15(24)22-9-7-8-12(21-22)16(25)26;1-5-15(19)12-14-11-13(9-10-16(14)20)7-6-8-17(21)22-18(2,3)4/h10-13,21H,7-9H2,1-6H3,(H,19,23)(H,20,27)(H,25,26);6-7,9-12H,5,8,19-20H2,1-4H3/b;7-6+,15-12-/t11?,12-,13?;/m0./s1. The van der Waals surface area contributed by atoms with Crippen LogP contribution in [0.1, 0.15) is 106 Å². The predicted octanol–water partition coefficient (Wildman–Crippen LogP) is 4.34. The van der Waals surface area contributed by atoms with E-state index in [1.54, 1.807) is 40.7 Å². The number of esters is 1. The van der Waals surface area contributed by atoms with E-state index in [0.717, 1.165) is 23.2 Å². The molecule has 3 atom stereocenters. The molecule has 1 aromatic rings. The summed E-state index contributed by atoms with van der Waals surface area (Å²) in [7, 11) is 0. The Balaban J connectivity index is 0.000000515. The zero-order valence-electron chi connectivity index (χ0n) is 31.2. The third-order valence-corrected chi connectivity index (χ3v) is 6.98. The summed E-state index contributed by atoms with van der Waals surface area (Å²) < 4.78 is 10.4. The second kappa shape index (κ2) is 19.6. The van der Waals surface area contributed by atoms with E-state index in [1.807, 2.05) is 58.0 Å². The summed E-state index contributed by atoms with van der Waals surface area (Å²) in [5, 5.41) is 15.4. The lowest BCUT2D eigenvalue weighted by atomic mass is 10.0. The number of nitrogen functional groups attached to an aromatic ring is 1. The van der Waals surface area contributed by atoms with Crippen LogP contribution < -0.4 is 27.5 Å². The van der Waals surface area contributed by atoms with Crippen molar-refractivity contribution < 1.29 is 38.6 Å². The normalized spacial score (nSPS) is 16.5. The average Bonchev–Trinajstić information content (AvgIpc) is 2.99. The van der Waals surface area contributed by atoms with Crippen molar-refractivity contribution in [2.24, 2.45) is 11.7 Å². The van der Waals surface area contributed by atoms with Crippen LogP contribution in [-0.4, -0.2) is 75.8 Å². The van der Waals surface area contributed by atoms with E-state index < -0.39 is 53.2 Å². The minimum atomic E-state index is -1.03. The number of nitrogens with two attached hydrogens (primary N) is 2. The fourth-order valence-corrected chi connectivity index (χ4v) is 4.49. The van der Waals surface area contributed by atoms with Gasteiger partial charge in [0, 0.05) is 17.9 Å². The Morgan fingerprint density at radius 3 is 2.20 bits per heavy atom. The van der Waals surface area contributed by atoms with Gasteiger partial charge in [-0.15, -0.1) is 0 Å². The van der Waals surface area contributed by atoms with Crippen LogP contribution in [0.2, 0.25) is 0 Å². The summed E-state index contributed by atoms with van der Waals surface area (Å²) in [6.07, 6.45) is 6.81. The molecule has 0 aromatic heterocycles. The molecule has 0 bridgehead atoms. The molecule has 280 valence electrons. The van der Waals surface area contributed by atoms with Crippen LogP contribution in [0.4, 0.5) is 10.5 Å². The van der Waals surface area contributed by atoms with E-state index in [1.165, 1.54) is 11.9 Å². The highest BCUT2D eigenvalue weighted by Gasteiger charge is 2.33. The molecule has 0 radical (unpaired) electrons. The van der Waals surface area contributed by atoms with E-state index in [2.05, 4.69) is 16.1 Å². The van der Waals surface area contributed by atoms with E-state index in [-0.39, 0.29) is 18.3 Å². The van der Waals surface area contributed by atoms with Crippen molar-refractivity contribution in [2.45, 2.75) is 124 Å². The van der Waals surface area contributed by atoms with E-state index in [9.17, 15) is 24.0 Å². The van der Waals surface area contributed by atoms with E-state index >= 15 is 0 Å². The first-order valence-corrected chi connectivity index (χ1v) is 16.9. The van der Waals surface area contributed by atoms with Crippen LogP contribution in [0.15, 0.2) is 30.0 Å². The van der Waals surface area contributed by atoms with Crippen LogP contribution in [-0.2, 0) is 28.7 Å². The Kier molecular flexibility index (Phi) is 17.0. The third kappa shape index (κ3) is 16.7. The number of carbonyl (C=O) groups is 5. The summed E-state index contributed by atoms with van der Waals surface area (Å²) in [4.78, 5) is 59.9. The molecule has 2 unspecified atom stereocenters. The summed E-state index contributed by atoms with van der Waals surface area (Å²) in [6, 6.07) is 3.07. The first-order valence-electron chi connectivity index (χ1n) is 16.9. The van der Waals surface area contributed by atoms with Crippen LogP contribution in [0.3, 0.4) is 0 Å². The number of benzene rings is 1. The number of aliphatic carboxylic acids is 1. The highest BCUT2D eigenvalue weighted by Crippen LogP contribution is 2.19. The van der Waals surface area contributed by atoms with Crippen molar-refractivity contribution in [3.63, 3.8) is 0 Å². The van der Waals surface area contributed by atoms with E-state index in [4.69, 9.17) is 26.0 Å². The average molecular weight is 703 g/mol. The van der Waals surface area contributed by atoms with Crippen molar-refractivity contribution in [1.29, 1.82) is 0 Å². The van der Waals surface area contributed by atoms with Crippen LogP contribution in [0.25, 0.3) is 12.2 Å². The SMILES string of the molecule is CC(NC(=O)C(NC(=O)OC(C)(C)C)C(C)C)C(=O)N1CCC[C@@H](C(=O)O)N1.CC/C(N)=C/c1cc(/C=C/CC(=O)OC(C)(C)C)ccc1N. The van der Waals surface area contributed by atoms with Gasteiger partial charge in [-0.25, -0.2) is 10.2 Å². The third-order valence-electron chi connectivity index (χ3n) is 6.98. The second-order valence-corrected chi connectivity index (χ2v) is 14.4. The number of carboxylic acid groups (broad SMARTS) is 1. The van der Waals surface area contributed by atoms with Gasteiger partial charge in [0.25, 0.3) is 5.91 Å². The molecule has 1 heterocycles. The largest absolute Gasteiger partial charge is 0.480 e. The molecule has 14 heteroatoms.